The van der Waals surface area contributed by atoms with E-state index in [4.69, 9.17) is 0 Å². The van der Waals surface area contributed by atoms with E-state index in [9.17, 15) is 8.42 Å². The monoisotopic (exact) mass is 210 g/mol. The molecule has 1 aliphatic rings. The van der Waals surface area contributed by atoms with Crippen molar-refractivity contribution in [2.45, 2.75) is 17.7 Å². The van der Waals surface area contributed by atoms with Crippen molar-refractivity contribution in [1.29, 1.82) is 0 Å². The lowest BCUT2D eigenvalue weighted by atomic mass is 10.1. The molecule has 0 aromatic heterocycles. The average molecular weight is 210 g/mol. The predicted molar refractivity (Wildman–Crippen MR) is 51.7 cm³/mol. The molecule has 1 heterocycles. The summed E-state index contributed by atoms with van der Waals surface area (Å²) in [4.78, 5) is 0.295. The Hall–Kier alpha value is -1.23. The smallest absolute Gasteiger partial charge is 0.198 e. The third-order valence-corrected chi connectivity index (χ3v) is 3.40. The third kappa shape index (κ3) is 1.68. The van der Waals surface area contributed by atoms with E-state index in [-0.39, 0.29) is 0 Å². The van der Waals surface area contributed by atoms with E-state index < -0.39 is 10.0 Å². The van der Waals surface area contributed by atoms with Crippen molar-refractivity contribution in [3.63, 3.8) is 0 Å². The summed E-state index contributed by atoms with van der Waals surface area (Å²) in [6.45, 7) is 0.480. The van der Waals surface area contributed by atoms with Crippen LogP contribution in [0.2, 0.25) is 0 Å². The standard InChI is InChI=1S/C9H10N2O2S/c12-14(13)9-6-2-1-4-8(9)5-3-7-10-11-14/h1-2,4,6H,3,5,7H2. The van der Waals surface area contributed by atoms with Gasteiger partial charge in [0.2, 0.25) is 0 Å². The van der Waals surface area contributed by atoms with E-state index in [0.717, 1.165) is 18.4 Å². The van der Waals surface area contributed by atoms with Crippen molar-refractivity contribution in [3.05, 3.63) is 29.8 Å². The number of hydrogen-bond acceptors (Lipinski definition) is 3. The molecule has 0 N–H and O–H groups in total. The first-order valence-corrected chi connectivity index (χ1v) is 5.86. The molecule has 4 nitrogen and oxygen atoms in total. The lowest BCUT2D eigenvalue weighted by molar-refractivity contribution is 0.589. The highest BCUT2D eigenvalue weighted by Gasteiger charge is 2.18. The number of nitrogens with zero attached hydrogens (tertiary/aromatic N) is 2. The number of aryl methyl sites for hydroxylation is 1. The van der Waals surface area contributed by atoms with Crippen molar-refractivity contribution in [2.24, 2.45) is 9.63 Å². The van der Waals surface area contributed by atoms with Crippen molar-refractivity contribution < 1.29 is 8.42 Å². The predicted octanol–water partition coefficient (Wildman–Crippen LogP) is 1.77. The summed E-state index contributed by atoms with van der Waals surface area (Å²) in [5.74, 6) is 0. The van der Waals surface area contributed by atoms with Crippen LogP contribution in [0.5, 0.6) is 0 Å². The Morgan fingerprint density at radius 3 is 2.86 bits per heavy atom. The van der Waals surface area contributed by atoms with Crippen LogP contribution >= 0.6 is 0 Å². The van der Waals surface area contributed by atoms with E-state index in [1.54, 1.807) is 12.1 Å². The molecule has 0 amide bonds. The number of benzene rings is 1. The van der Waals surface area contributed by atoms with Gasteiger partial charge in [0.15, 0.2) is 0 Å². The van der Waals surface area contributed by atoms with Gasteiger partial charge in [0, 0.05) is 0 Å². The SMILES string of the molecule is O=S1(=O)N=NCCCc2ccccc21. The van der Waals surface area contributed by atoms with Gasteiger partial charge in [-0.15, -0.1) is 0 Å². The molecule has 0 fully saturated rings. The molecule has 0 bridgehead atoms. The first kappa shape index (κ1) is 9.33. The van der Waals surface area contributed by atoms with Gasteiger partial charge in [0.25, 0.3) is 10.0 Å². The van der Waals surface area contributed by atoms with Crippen molar-refractivity contribution in [1.82, 2.24) is 0 Å². The molecule has 0 aliphatic carbocycles. The summed E-state index contributed by atoms with van der Waals surface area (Å²) in [7, 11) is -3.54. The molecule has 0 spiro atoms. The molecule has 1 aromatic rings. The largest absolute Gasteiger partial charge is 0.299 e. The van der Waals surface area contributed by atoms with E-state index in [1.165, 1.54) is 0 Å². The van der Waals surface area contributed by atoms with Gasteiger partial charge in [0.1, 0.15) is 0 Å². The summed E-state index contributed by atoms with van der Waals surface area (Å²) >= 11 is 0. The zero-order chi connectivity index (χ0) is 10.0. The Kier molecular flexibility index (Phi) is 2.33. The van der Waals surface area contributed by atoms with Crippen LogP contribution in [-0.4, -0.2) is 15.0 Å². The van der Waals surface area contributed by atoms with E-state index in [1.807, 2.05) is 12.1 Å². The maximum atomic E-state index is 11.6. The Labute approximate surface area is 82.7 Å². The van der Waals surface area contributed by atoms with Gasteiger partial charge in [-0.1, -0.05) is 22.7 Å². The summed E-state index contributed by atoms with van der Waals surface area (Å²) in [5, 5.41) is 3.62. The van der Waals surface area contributed by atoms with Crippen LogP contribution in [0.1, 0.15) is 12.0 Å². The van der Waals surface area contributed by atoms with Crippen molar-refractivity contribution >= 4 is 10.0 Å². The van der Waals surface area contributed by atoms with Crippen LogP contribution in [0, 0.1) is 0 Å². The van der Waals surface area contributed by atoms with Crippen LogP contribution in [-0.2, 0) is 16.4 Å². The highest BCUT2D eigenvalue weighted by atomic mass is 32.2. The molecule has 14 heavy (non-hydrogen) atoms. The molecule has 0 saturated heterocycles. The minimum Gasteiger partial charge on any atom is -0.198 e. The Morgan fingerprint density at radius 1 is 1.21 bits per heavy atom. The van der Waals surface area contributed by atoms with Crippen molar-refractivity contribution in [2.75, 3.05) is 6.54 Å². The second-order valence-corrected chi connectivity index (χ2v) is 4.69. The van der Waals surface area contributed by atoms with Crippen LogP contribution in [0.4, 0.5) is 0 Å². The van der Waals surface area contributed by atoms with Crippen LogP contribution in [0.3, 0.4) is 0 Å². The molecule has 2 rings (SSSR count). The Bertz CT molecular complexity index is 465. The van der Waals surface area contributed by atoms with Gasteiger partial charge < -0.3 is 0 Å². The lowest BCUT2D eigenvalue weighted by Crippen LogP contribution is -2.04. The zero-order valence-corrected chi connectivity index (χ0v) is 8.37. The van der Waals surface area contributed by atoms with Crippen LogP contribution in [0.25, 0.3) is 0 Å². The van der Waals surface area contributed by atoms with Crippen molar-refractivity contribution in [3.8, 4) is 0 Å². The van der Waals surface area contributed by atoms with Crippen LogP contribution in [0.15, 0.2) is 38.8 Å². The normalized spacial score (nSPS) is 19.4. The maximum absolute atomic E-state index is 11.6. The van der Waals surface area contributed by atoms with Gasteiger partial charge in [-0.2, -0.15) is 13.5 Å². The number of hydrogen-bond donors (Lipinski definition) is 0. The van der Waals surface area contributed by atoms with Gasteiger partial charge in [-0.05, 0) is 24.5 Å². The average Bonchev–Trinajstić information content (AvgIpc) is 2.15. The van der Waals surface area contributed by atoms with E-state index in [2.05, 4.69) is 9.63 Å². The topological polar surface area (TPSA) is 58.9 Å². The molecule has 1 aliphatic heterocycles. The Balaban J connectivity index is 2.62. The summed E-state index contributed by atoms with van der Waals surface area (Å²) < 4.78 is 26.5. The molecule has 5 heteroatoms. The summed E-state index contributed by atoms with van der Waals surface area (Å²) in [6.07, 6.45) is 1.59. The number of sulfonamides is 1. The summed E-state index contributed by atoms with van der Waals surface area (Å²) in [6, 6.07) is 6.95. The minimum atomic E-state index is -3.54. The van der Waals surface area contributed by atoms with E-state index >= 15 is 0 Å². The fraction of sp³-hybridized carbons (Fsp3) is 0.333. The van der Waals surface area contributed by atoms with Crippen LogP contribution < -0.4 is 0 Å². The minimum absolute atomic E-state index is 0.295. The fourth-order valence-corrected chi connectivity index (χ4v) is 2.54. The number of fused-ring (bicyclic) bond motifs is 1. The molecule has 74 valence electrons. The molecular weight excluding hydrogens is 200 g/mol. The first-order valence-electron chi connectivity index (χ1n) is 4.42. The molecule has 0 saturated carbocycles. The van der Waals surface area contributed by atoms with Gasteiger partial charge in [0.05, 0.1) is 11.4 Å². The van der Waals surface area contributed by atoms with Gasteiger partial charge >= 0.3 is 0 Å². The zero-order valence-electron chi connectivity index (χ0n) is 7.55. The molecule has 0 atom stereocenters. The maximum Gasteiger partial charge on any atom is 0.299 e. The molecule has 0 radical (unpaired) electrons. The quantitative estimate of drug-likeness (QED) is 0.655. The molecule has 1 aromatic carbocycles. The second-order valence-electron chi connectivity index (χ2n) is 3.13. The van der Waals surface area contributed by atoms with Gasteiger partial charge in [-0.25, -0.2) is 0 Å². The Morgan fingerprint density at radius 2 is 2.00 bits per heavy atom. The second kappa shape index (κ2) is 3.49. The first-order chi connectivity index (χ1) is 6.70. The lowest BCUT2D eigenvalue weighted by Gasteiger charge is -2.08. The fourth-order valence-electron chi connectivity index (χ4n) is 1.46. The van der Waals surface area contributed by atoms with Gasteiger partial charge in [-0.3, -0.25) is 0 Å². The highest BCUT2D eigenvalue weighted by molar-refractivity contribution is 7.90. The molecule has 0 unspecified atom stereocenters. The summed E-state index contributed by atoms with van der Waals surface area (Å²) in [5.41, 5.74) is 0.839. The third-order valence-electron chi connectivity index (χ3n) is 2.12. The highest BCUT2D eigenvalue weighted by Crippen LogP contribution is 2.21. The number of rotatable bonds is 0. The molecular formula is C9H10N2O2S. The van der Waals surface area contributed by atoms with E-state index in [0.29, 0.717) is 11.4 Å².